The van der Waals surface area contributed by atoms with Crippen molar-refractivity contribution >= 4 is 43.5 Å². The van der Waals surface area contributed by atoms with E-state index in [1.807, 2.05) is 13.8 Å². The highest BCUT2D eigenvalue weighted by molar-refractivity contribution is 9.10. The van der Waals surface area contributed by atoms with Crippen LogP contribution >= 0.6 is 15.9 Å². The highest BCUT2D eigenvalue weighted by Crippen LogP contribution is 2.25. The average Bonchev–Trinajstić information content (AvgIpc) is 2.77. The van der Waals surface area contributed by atoms with Crippen LogP contribution in [0.5, 0.6) is 0 Å². The highest BCUT2D eigenvalue weighted by Gasteiger charge is 2.30. The lowest BCUT2D eigenvalue weighted by Crippen LogP contribution is -2.51. The topological polar surface area (TPSA) is 86.8 Å². The number of anilines is 1. The van der Waals surface area contributed by atoms with E-state index < -0.39 is 34.3 Å². The number of nitrogens with zero attached hydrogens (tertiary/aromatic N) is 2. The molecule has 10 heteroatoms. The summed E-state index contributed by atoms with van der Waals surface area (Å²) in [6.07, 6.45) is 2.74. The monoisotopic (exact) mass is 555 g/mol. The highest BCUT2D eigenvalue weighted by atomic mass is 79.9. The molecule has 34 heavy (non-hydrogen) atoms. The molecule has 2 rings (SSSR count). The summed E-state index contributed by atoms with van der Waals surface area (Å²) >= 11 is 3.39. The first kappa shape index (κ1) is 27.8. The molecular formula is C24H31BrFN3O4S. The van der Waals surface area contributed by atoms with E-state index >= 15 is 0 Å². The summed E-state index contributed by atoms with van der Waals surface area (Å²) in [5.74, 6) is -1.30. The Balaban J connectivity index is 2.35. The third-order valence-corrected chi connectivity index (χ3v) is 7.40. The fourth-order valence-corrected chi connectivity index (χ4v) is 4.39. The van der Waals surface area contributed by atoms with Gasteiger partial charge >= 0.3 is 0 Å². The number of halogens is 2. The van der Waals surface area contributed by atoms with Crippen LogP contribution in [0.4, 0.5) is 10.1 Å². The molecule has 0 aromatic heterocycles. The van der Waals surface area contributed by atoms with E-state index in [4.69, 9.17) is 0 Å². The Hall–Kier alpha value is -2.46. The van der Waals surface area contributed by atoms with Crippen molar-refractivity contribution in [2.75, 3.05) is 23.7 Å². The zero-order valence-corrected chi connectivity index (χ0v) is 22.2. The second kappa shape index (κ2) is 12.3. The fourth-order valence-electron chi connectivity index (χ4n) is 3.30. The number of carbonyl (C=O) groups is 2. The van der Waals surface area contributed by atoms with E-state index in [9.17, 15) is 22.4 Å². The lowest BCUT2D eigenvalue weighted by molar-refractivity contribution is -0.139. The summed E-state index contributed by atoms with van der Waals surface area (Å²) in [4.78, 5) is 27.5. The maximum atomic E-state index is 13.4. The van der Waals surface area contributed by atoms with Crippen LogP contribution in [0.25, 0.3) is 0 Å². The molecular weight excluding hydrogens is 525 g/mol. The lowest BCUT2D eigenvalue weighted by atomic mass is 10.1. The van der Waals surface area contributed by atoms with Gasteiger partial charge in [-0.25, -0.2) is 12.8 Å². The van der Waals surface area contributed by atoms with Crippen molar-refractivity contribution in [3.8, 4) is 0 Å². The van der Waals surface area contributed by atoms with E-state index in [-0.39, 0.29) is 12.5 Å². The minimum atomic E-state index is -3.80. The Bertz CT molecular complexity index is 1110. The Morgan fingerprint density at radius 3 is 2.35 bits per heavy atom. The van der Waals surface area contributed by atoms with Gasteiger partial charge in [0.15, 0.2) is 0 Å². The predicted octanol–water partition coefficient (Wildman–Crippen LogP) is 4.00. The average molecular weight is 556 g/mol. The number of rotatable bonds is 11. The van der Waals surface area contributed by atoms with E-state index in [2.05, 4.69) is 21.2 Å². The van der Waals surface area contributed by atoms with Crippen molar-refractivity contribution in [2.45, 2.75) is 46.2 Å². The van der Waals surface area contributed by atoms with Crippen molar-refractivity contribution in [1.29, 1.82) is 0 Å². The normalized spacial score (nSPS) is 12.2. The minimum absolute atomic E-state index is 0.0262. The number of sulfonamides is 1. The molecule has 2 aromatic rings. The molecule has 0 aliphatic heterocycles. The van der Waals surface area contributed by atoms with Crippen molar-refractivity contribution in [1.82, 2.24) is 10.2 Å². The molecule has 0 spiro atoms. The van der Waals surface area contributed by atoms with Gasteiger partial charge < -0.3 is 10.2 Å². The molecule has 1 N–H and O–H groups in total. The molecule has 0 fully saturated rings. The van der Waals surface area contributed by atoms with Crippen molar-refractivity contribution in [3.63, 3.8) is 0 Å². The van der Waals surface area contributed by atoms with E-state index in [1.165, 1.54) is 29.2 Å². The van der Waals surface area contributed by atoms with Crippen LogP contribution in [-0.4, -0.2) is 50.5 Å². The second-order valence-corrected chi connectivity index (χ2v) is 10.9. The maximum Gasteiger partial charge on any atom is 0.244 e. The molecule has 0 bridgehead atoms. The summed E-state index contributed by atoms with van der Waals surface area (Å²) in [6, 6.07) is 9.75. The smallest absolute Gasteiger partial charge is 0.244 e. The quantitative estimate of drug-likeness (QED) is 0.424. The van der Waals surface area contributed by atoms with Gasteiger partial charge in [-0.3, -0.25) is 13.9 Å². The molecule has 0 heterocycles. The van der Waals surface area contributed by atoms with E-state index in [1.54, 1.807) is 25.1 Å². The molecule has 1 unspecified atom stereocenters. The van der Waals surface area contributed by atoms with Gasteiger partial charge in [0.1, 0.15) is 18.4 Å². The summed E-state index contributed by atoms with van der Waals surface area (Å²) in [6.45, 7) is 5.44. The first-order chi connectivity index (χ1) is 15.9. The van der Waals surface area contributed by atoms with Crippen LogP contribution in [0.1, 0.15) is 37.8 Å². The van der Waals surface area contributed by atoms with Gasteiger partial charge in [0.25, 0.3) is 0 Å². The molecule has 0 saturated carbocycles. The van der Waals surface area contributed by atoms with Crippen molar-refractivity contribution in [2.24, 2.45) is 0 Å². The number of aryl methyl sites for hydroxylation is 1. The Morgan fingerprint density at radius 1 is 1.15 bits per heavy atom. The summed E-state index contributed by atoms with van der Waals surface area (Å²) < 4.78 is 40.4. The maximum absolute atomic E-state index is 13.4. The van der Waals surface area contributed by atoms with Gasteiger partial charge in [-0.2, -0.15) is 0 Å². The van der Waals surface area contributed by atoms with Crippen molar-refractivity contribution < 1.29 is 22.4 Å². The number of benzene rings is 2. The van der Waals surface area contributed by atoms with Crippen LogP contribution < -0.4 is 9.62 Å². The van der Waals surface area contributed by atoms with Crippen molar-refractivity contribution in [3.05, 3.63) is 63.9 Å². The van der Waals surface area contributed by atoms with Crippen LogP contribution in [0, 0.1) is 12.7 Å². The predicted molar refractivity (Wildman–Crippen MR) is 135 cm³/mol. The molecule has 0 aliphatic carbocycles. The summed E-state index contributed by atoms with van der Waals surface area (Å²) in [5, 5.41) is 2.81. The van der Waals surface area contributed by atoms with Gasteiger partial charge in [0.2, 0.25) is 21.8 Å². The number of nitrogens with one attached hydrogen (secondary N) is 1. The van der Waals surface area contributed by atoms with Gasteiger partial charge in [-0.05, 0) is 61.7 Å². The standard InChI is InChI=1S/C24H31BrFN3O4S/c1-5-6-13-27-24(31)18(3)28(15-19-7-9-20(26)10-8-19)23(30)16-29(34(4,32)33)21-11-12-22(25)17(2)14-21/h7-12,14,18H,5-6,13,15-16H2,1-4H3,(H,27,31). The first-order valence-corrected chi connectivity index (χ1v) is 13.6. The molecule has 7 nitrogen and oxygen atoms in total. The molecule has 2 amide bonds. The lowest BCUT2D eigenvalue weighted by Gasteiger charge is -2.31. The first-order valence-electron chi connectivity index (χ1n) is 11.0. The zero-order valence-electron chi connectivity index (χ0n) is 19.8. The largest absolute Gasteiger partial charge is 0.354 e. The Labute approximate surface area is 209 Å². The summed E-state index contributed by atoms with van der Waals surface area (Å²) in [7, 11) is -3.80. The Kier molecular flexibility index (Phi) is 10.1. The number of amides is 2. The van der Waals surface area contributed by atoms with Crippen LogP contribution in [0.3, 0.4) is 0 Å². The van der Waals surface area contributed by atoms with Crippen LogP contribution in [0.15, 0.2) is 46.9 Å². The van der Waals surface area contributed by atoms with Crippen LogP contribution in [-0.2, 0) is 26.2 Å². The van der Waals surface area contributed by atoms with E-state index in [0.717, 1.165) is 33.4 Å². The third-order valence-electron chi connectivity index (χ3n) is 5.37. The third kappa shape index (κ3) is 7.80. The Morgan fingerprint density at radius 2 is 1.79 bits per heavy atom. The number of carbonyl (C=O) groups excluding carboxylic acids is 2. The second-order valence-electron chi connectivity index (χ2n) is 8.17. The fraction of sp³-hybridized carbons (Fsp3) is 0.417. The zero-order chi connectivity index (χ0) is 25.5. The molecule has 0 aliphatic rings. The van der Waals surface area contributed by atoms with Gasteiger partial charge in [0, 0.05) is 17.6 Å². The van der Waals surface area contributed by atoms with E-state index in [0.29, 0.717) is 17.8 Å². The molecule has 0 radical (unpaired) electrons. The number of unbranched alkanes of at least 4 members (excludes halogenated alkanes) is 1. The molecule has 186 valence electrons. The number of hydrogen-bond acceptors (Lipinski definition) is 4. The van der Waals surface area contributed by atoms with Gasteiger partial charge in [0.05, 0.1) is 11.9 Å². The SMILES string of the molecule is CCCCNC(=O)C(C)N(Cc1ccc(F)cc1)C(=O)CN(c1ccc(Br)c(C)c1)S(C)(=O)=O. The molecule has 1 atom stereocenters. The summed E-state index contributed by atoms with van der Waals surface area (Å²) in [5.41, 5.74) is 1.78. The van der Waals surface area contributed by atoms with Gasteiger partial charge in [-0.1, -0.05) is 41.4 Å². The van der Waals surface area contributed by atoms with Gasteiger partial charge in [-0.15, -0.1) is 0 Å². The van der Waals surface area contributed by atoms with Crippen LogP contribution in [0.2, 0.25) is 0 Å². The number of hydrogen-bond donors (Lipinski definition) is 1. The molecule has 2 aromatic carbocycles. The minimum Gasteiger partial charge on any atom is -0.354 e. The molecule has 0 saturated heterocycles.